The molecule has 0 heterocycles. The predicted molar refractivity (Wildman–Crippen MR) is 148 cm³/mol. The number of carbonyl (C=O) groups excluding carboxylic acids is 2. The Morgan fingerprint density at radius 2 is 1.19 bits per heavy atom. The summed E-state index contributed by atoms with van der Waals surface area (Å²) in [6, 6.07) is 9.52. The molecule has 0 aliphatic carbocycles. The van der Waals surface area contributed by atoms with E-state index < -0.39 is 6.09 Å². The highest BCUT2D eigenvalue weighted by atomic mass is 16.6. The fourth-order valence-corrected chi connectivity index (χ4v) is 3.90. The van der Waals surface area contributed by atoms with Crippen molar-refractivity contribution in [2.75, 3.05) is 39.6 Å². The molecule has 0 spiro atoms. The number of hydrogen-bond acceptors (Lipinski definition) is 6. The molecular weight excluding hydrogens is 470 g/mol. The van der Waals surface area contributed by atoms with Crippen molar-refractivity contribution in [3.05, 3.63) is 35.9 Å². The van der Waals surface area contributed by atoms with E-state index in [0.29, 0.717) is 39.4 Å². The number of nitrogens with one attached hydrogen (secondary N) is 1. The largest absolute Gasteiger partial charge is 0.463 e. The van der Waals surface area contributed by atoms with Crippen LogP contribution in [0.15, 0.2) is 30.3 Å². The van der Waals surface area contributed by atoms with Crippen molar-refractivity contribution in [1.29, 1.82) is 0 Å². The molecule has 0 aromatic heterocycles. The average molecular weight is 522 g/mol. The van der Waals surface area contributed by atoms with Gasteiger partial charge in [0.1, 0.15) is 13.2 Å². The van der Waals surface area contributed by atoms with Gasteiger partial charge in [0.2, 0.25) is 0 Å². The molecule has 0 saturated heterocycles. The highest BCUT2D eigenvalue weighted by Gasteiger charge is 2.03. The molecule has 1 amide bonds. The van der Waals surface area contributed by atoms with Crippen LogP contribution < -0.4 is 5.32 Å². The molecule has 7 heteroatoms. The van der Waals surface area contributed by atoms with Gasteiger partial charge < -0.3 is 24.3 Å². The summed E-state index contributed by atoms with van der Waals surface area (Å²) < 4.78 is 21.1. The van der Waals surface area contributed by atoms with E-state index in [1.54, 1.807) is 0 Å². The second kappa shape index (κ2) is 25.5. The van der Waals surface area contributed by atoms with E-state index in [2.05, 4.69) is 12.2 Å². The lowest BCUT2D eigenvalue weighted by Gasteiger charge is -2.08. The highest BCUT2D eigenvalue weighted by molar-refractivity contribution is 5.69. The minimum absolute atomic E-state index is 0.145. The van der Waals surface area contributed by atoms with Crippen LogP contribution in [0.3, 0.4) is 0 Å². The topological polar surface area (TPSA) is 83.1 Å². The smallest absolute Gasteiger partial charge is 0.407 e. The fraction of sp³-hybridized carbons (Fsp3) is 0.733. The lowest BCUT2D eigenvalue weighted by Crippen LogP contribution is -2.28. The average Bonchev–Trinajstić information content (AvgIpc) is 2.91. The predicted octanol–water partition coefficient (Wildman–Crippen LogP) is 6.97. The molecule has 0 unspecified atom stereocenters. The summed E-state index contributed by atoms with van der Waals surface area (Å²) in [5.74, 6) is -0.145. The third kappa shape index (κ3) is 22.8. The molecule has 1 aromatic carbocycles. The summed E-state index contributed by atoms with van der Waals surface area (Å²) in [6.07, 6.45) is 16.8. The van der Waals surface area contributed by atoms with Crippen LogP contribution >= 0.6 is 0 Å². The van der Waals surface area contributed by atoms with E-state index >= 15 is 0 Å². The molecule has 0 aliphatic heterocycles. The van der Waals surface area contributed by atoms with E-state index in [1.807, 2.05) is 30.3 Å². The van der Waals surface area contributed by atoms with Crippen molar-refractivity contribution in [2.24, 2.45) is 0 Å². The zero-order valence-corrected chi connectivity index (χ0v) is 23.2. The third-order valence-corrected chi connectivity index (χ3v) is 6.08. The lowest BCUT2D eigenvalue weighted by molar-refractivity contribution is -0.145. The van der Waals surface area contributed by atoms with Gasteiger partial charge >= 0.3 is 12.1 Å². The van der Waals surface area contributed by atoms with Crippen molar-refractivity contribution in [2.45, 2.75) is 103 Å². The number of carbonyl (C=O) groups is 2. The van der Waals surface area contributed by atoms with Crippen LogP contribution in [0.4, 0.5) is 4.79 Å². The van der Waals surface area contributed by atoms with Crippen LogP contribution in [0.5, 0.6) is 0 Å². The van der Waals surface area contributed by atoms with Crippen molar-refractivity contribution < 1.29 is 28.5 Å². The molecule has 1 N–H and O–H groups in total. The minimum atomic E-state index is -0.468. The van der Waals surface area contributed by atoms with Crippen LogP contribution in [0.25, 0.3) is 0 Å². The Morgan fingerprint density at radius 3 is 1.81 bits per heavy atom. The first-order chi connectivity index (χ1) is 18.2. The molecular formula is C30H51NO6. The number of rotatable bonds is 25. The monoisotopic (exact) mass is 521 g/mol. The van der Waals surface area contributed by atoms with Gasteiger partial charge in [-0.15, -0.1) is 0 Å². The molecule has 37 heavy (non-hydrogen) atoms. The van der Waals surface area contributed by atoms with Crippen LogP contribution in [0.2, 0.25) is 0 Å². The van der Waals surface area contributed by atoms with Crippen molar-refractivity contribution in [1.82, 2.24) is 5.32 Å². The molecule has 1 aromatic rings. The van der Waals surface area contributed by atoms with Crippen LogP contribution in [-0.2, 0) is 30.3 Å². The normalized spacial score (nSPS) is 10.8. The van der Waals surface area contributed by atoms with Gasteiger partial charge in [0, 0.05) is 13.0 Å². The Kier molecular flexibility index (Phi) is 22.7. The van der Waals surface area contributed by atoms with Crippen LogP contribution in [0, 0.1) is 0 Å². The lowest BCUT2D eigenvalue weighted by atomic mass is 10.0. The van der Waals surface area contributed by atoms with Crippen molar-refractivity contribution in [3.8, 4) is 0 Å². The van der Waals surface area contributed by atoms with E-state index in [9.17, 15) is 9.59 Å². The van der Waals surface area contributed by atoms with Crippen molar-refractivity contribution in [3.63, 3.8) is 0 Å². The van der Waals surface area contributed by atoms with E-state index in [0.717, 1.165) is 18.4 Å². The molecule has 0 radical (unpaired) electrons. The molecule has 0 fully saturated rings. The maximum Gasteiger partial charge on any atom is 0.407 e. The van der Waals surface area contributed by atoms with Gasteiger partial charge in [0.25, 0.3) is 0 Å². The zero-order valence-electron chi connectivity index (χ0n) is 23.2. The number of ether oxygens (including phenoxy) is 4. The van der Waals surface area contributed by atoms with Crippen LogP contribution in [-0.4, -0.2) is 51.6 Å². The molecule has 0 aliphatic rings. The van der Waals surface area contributed by atoms with E-state index in [4.69, 9.17) is 18.9 Å². The fourth-order valence-electron chi connectivity index (χ4n) is 3.90. The Bertz CT molecular complexity index is 655. The summed E-state index contributed by atoms with van der Waals surface area (Å²) in [5.41, 5.74) is 0.941. The van der Waals surface area contributed by atoms with Gasteiger partial charge in [-0.05, 0) is 12.0 Å². The minimum Gasteiger partial charge on any atom is -0.463 e. The molecule has 1 rings (SSSR count). The van der Waals surface area contributed by atoms with Gasteiger partial charge in [-0.1, -0.05) is 114 Å². The summed E-state index contributed by atoms with van der Waals surface area (Å²) in [6.45, 7) is 4.69. The number of hydrogen-bond donors (Lipinski definition) is 1. The van der Waals surface area contributed by atoms with E-state index in [-0.39, 0.29) is 19.2 Å². The third-order valence-electron chi connectivity index (χ3n) is 6.08. The SMILES string of the molecule is CCCCCCCCCCCCCCCC(=O)OCCOCCOCCNC(=O)OCc1ccccc1. The summed E-state index contributed by atoms with van der Waals surface area (Å²) >= 11 is 0. The van der Waals surface area contributed by atoms with Crippen LogP contribution in [0.1, 0.15) is 102 Å². The Balaban J connectivity index is 1.75. The quantitative estimate of drug-likeness (QED) is 0.110. The Hall–Kier alpha value is -2.12. The van der Waals surface area contributed by atoms with Crippen molar-refractivity contribution >= 4 is 12.1 Å². The number of unbranched alkanes of at least 4 members (excludes halogenated alkanes) is 12. The Labute approximate surface area is 225 Å². The molecule has 0 saturated carbocycles. The maximum absolute atomic E-state index is 11.8. The Morgan fingerprint density at radius 1 is 0.649 bits per heavy atom. The molecule has 212 valence electrons. The second-order valence-corrected chi connectivity index (χ2v) is 9.43. The highest BCUT2D eigenvalue weighted by Crippen LogP contribution is 2.13. The van der Waals surface area contributed by atoms with E-state index in [1.165, 1.54) is 70.6 Å². The number of amides is 1. The second-order valence-electron chi connectivity index (χ2n) is 9.43. The zero-order chi connectivity index (χ0) is 26.7. The first-order valence-electron chi connectivity index (χ1n) is 14.5. The number of benzene rings is 1. The van der Waals surface area contributed by atoms with Gasteiger partial charge in [-0.3, -0.25) is 4.79 Å². The standard InChI is InChI=1S/C30H51NO6/c1-2-3-4-5-6-7-8-9-10-11-12-13-17-20-29(32)36-26-25-35-24-23-34-22-21-31-30(33)37-27-28-18-15-14-16-19-28/h14-16,18-19H,2-13,17,20-27H2,1H3,(H,31,33). The summed E-state index contributed by atoms with van der Waals surface area (Å²) in [4.78, 5) is 23.4. The van der Waals surface area contributed by atoms with Gasteiger partial charge in [-0.25, -0.2) is 4.79 Å². The number of alkyl carbamates (subject to hydrolysis) is 1. The molecule has 0 bridgehead atoms. The maximum atomic E-state index is 11.8. The first-order valence-corrected chi connectivity index (χ1v) is 14.5. The number of esters is 1. The molecule has 0 atom stereocenters. The first kappa shape index (κ1) is 32.9. The van der Waals surface area contributed by atoms with Gasteiger partial charge in [-0.2, -0.15) is 0 Å². The summed E-state index contributed by atoms with van der Waals surface area (Å²) in [7, 11) is 0. The van der Waals surface area contributed by atoms with Gasteiger partial charge in [0.05, 0.1) is 26.4 Å². The van der Waals surface area contributed by atoms with Gasteiger partial charge in [0.15, 0.2) is 0 Å². The summed E-state index contributed by atoms with van der Waals surface area (Å²) in [5, 5.41) is 2.64. The molecule has 7 nitrogen and oxygen atoms in total.